The molecule has 2 heterocycles. The zero-order valence-corrected chi connectivity index (χ0v) is 8.47. The van der Waals surface area contributed by atoms with Crippen molar-refractivity contribution in [3.63, 3.8) is 0 Å². The minimum absolute atomic E-state index is 0.543. The first kappa shape index (κ1) is 8.41. The number of ether oxygens (including phenoxy) is 1. The van der Waals surface area contributed by atoms with Crippen LogP contribution in [0.5, 0.6) is 5.75 Å². The number of rotatable bonds is 0. The van der Waals surface area contributed by atoms with Crippen LogP contribution in [0.3, 0.4) is 0 Å². The zero-order chi connectivity index (χ0) is 10.3. The lowest BCUT2D eigenvalue weighted by Crippen LogP contribution is -2.42. The van der Waals surface area contributed by atoms with Crippen molar-refractivity contribution >= 4 is 0 Å². The number of nitrogens with zero attached hydrogens (tertiary/aromatic N) is 2. The molecule has 0 N–H and O–H groups in total. The van der Waals surface area contributed by atoms with Gasteiger partial charge >= 0.3 is 5.82 Å². The maximum Gasteiger partial charge on any atom is 0.336 e. The lowest BCUT2D eigenvalue weighted by molar-refractivity contribution is -0.719. The Kier molecular flexibility index (Phi) is 1.71. The molecule has 0 saturated carbocycles. The van der Waals surface area contributed by atoms with Crippen LogP contribution >= 0.6 is 0 Å². The van der Waals surface area contributed by atoms with Gasteiger partial charge in [0.05, 0.1) is 6.20 Å². The predicted molar refractivity (Wildman–Crippen MR) is 55.2 cm³/mol. The number of para-hydroxylation sites is 1. The Labute approximate surface area is 88.0 Å². The fraction of sp³-hybridized carbons (Fsp3) is 0.167. The van der Waals surface area contributed by atoms with Gasteiger partial charge in [-0.1, -0.05) is 12.1 Å². The van der Waals surface area contributed by atoms with Gasteiger partial charge < -0.3 is 4.74 Å². The van der Waals surface area contributed by atoms with Gasteiger partial charge in [-0.05, 0) is 23.5 Å². The predicted octanol–water partition coefficient (Wildman–Crippen LogP) is 1.69. The zero-order valence-electron chi connectivity index (χ0n) is 8.47. The standard InChI is InChI=1S/C12H11N2O/c1-9-4-2-5-10-11(9)15-8-14-7-3-6-13-12(10)14/h2-7H,8H2,1H3/q+1. The van der Waals surface area contributed by atoms with Crippen LogP contribution in [-0.4, -0.2) is 4.98 Å². The van der Waals surface area contributed by atoms with Gasteiger partial charge in [0.1, 0.15) is 17.5 Å². The van der Waals surface area contributed by atoms with Crippen LogP contribution < -0.4 is 9.30 Å². The number of benzene rings is 1. The Hall–Kier alpha value is -1.90. The molecular weight excluding hydrogens is 188 g/mol. The summed E-state index contributed by atoms with van der Waals surface area (Å²) in [6.07, 6.45) is 3.79. The van der Waals surface area contributed by atoms with E-state index < -0.39 is 0 Å². The van der Waals surface area contributed by atoms with Crippen LogP contribution in [-0.2, 0) is 6.73 Å². The van der Waals surface area contributed by atoms with E-state index in [9.17, 15) is 0 Å². The Morgan fingerprint density at radius 2 is 2.27 bits per heavy atom. The third-order valence-corrected chi connectivity index (χ3v) is 2.62. The highest BCUT2D eigenvalue weighted by atomic mass is 16.5. The molecule has 3 rings (SSSR count). The Bertz CT molecular complexity index is 523. The van der Waals surface area contributed by atoms with Gasteiger partial charge in [0, 0.05) is 6.07 Å². The first-order valence-electron chi connectivity index (χ1n) is 4.93. The number of hydrogen-bond donors (Lipinski definition) is 0. The van der Waals surface area contributed by atoms with Gasteiger partial charge in [0.25, 0.3) is 0 Å². The van der Waals surface area contributed by atoms with Crippen molar-refractivity contribution in [2.45, 2.75) is 13.7 Å². The molecule has 0 unspecified atom stereocenters. The van der Waals surface area contributed by atoms with E-state index in [2.05, 4.69) is 18.0 Å². The van der Waals surface area contributed by atoms with Crippen molar-refractivity contribution in [3.05, 3.63) is 42.2 Å². The summed E-state index contributed by atoms with van der Waals surface area (Å²) in [5.41, 5.74) is 2.23. The number of fused-ring (bicyclic) bond motifs is 3. The molecule has 1 aliphatic heterocycles. The van der Waals surface area contributed by atoms with Crippen molar-refractivity contribution in [1.29, 1.82) is 0 Å². The monoisotopic (exact) mass is 199 g/mol. The molecule has 0 radical (unpaired) electrons. The van der Waals surface area contributed by atoms with Crippen LogP contribution in [0.25, 0.3) is 11.4 Å². The normalized spacial score (nSPS) is 12.6. The van der Waals surface area contributed by atoms with Crippen LogP contribution in [0.4, 0.5) is 0 Å². The second-order valence-corrected chi connectivity index (χ2v) is 3.64. The molecule has 3 heteroatoms. The number of aromatic nitrogens is 2. The first-order chi connectivity index (χ1) is 7.36. The van der Waals surface area contributed by atoms with Gasteiger partial charge in [0.15, 0.2) is 0 Å². The molecule has 0 saturated heterocycles. The highest BCUT2D eigenvalue weighted by Crippen LogP contribution is 2.32. The summed E-state index contributed by atoms with van der Waals surface area (Å²) in [7, 11) is 0. The second kappa shape index (κ2) is 3.05. The summed E-state index contributed by atoms with van der Waals surface area (Å²) < 4.78 is 7.71. The van der Waals surface area contributed by atoms with E-state index in [0.29, 0.717) is 6.73 Å². The van der Waals surface area contributed by atoms with Crippen molar-refractivity contribution in [2.24, 2.45) is 0 Å². The third kappa shape index (κ3) is 1.20. The highest BCUT2D eigenvalue weighted by Gasteiger charge is 2.24. The molecule has 0 fully saturated rings. The molecular formula is C12H11N2O+. The quantitative estimate of drug-likeness (QED) is 0.603. The van der Waals surface area contributed by atoms with Crippen molar-refractivity contribution < 1.29 is 9.30 Å². The average Bonchev–Trinajstić information content (AvgIpc) is 2.29. The van der Waals surface area contributed by atoms with E-state index in [1.165, 1.54) is 0 Å². The van der Waals surface area contributed by atoms with Crippen molar-refractivity contribution in [2.75, 3.05) is 0 Å². The molecule has 1 aromatic carbocycles. The van der Waals surface area contributed by atoms with Crippen molar-refractivity contribution in [1.82, 2.24) is 4.98 Å². The molecule has 2 aromatic rings. The molecule has 0 atom stereocenters. The molecule has 15 heavy (non-hydrogen) atoms. The summed E-state index contributed by atoms with van der Waals surface area (Å²) in [6.45, 7) is 2.60. The van der Waals surface area contributed by atoms with E-state index in [4.69, 9.17) is 4.74 Å². The minimum atomic E-state index is 0.543. The lowest BCUT2D eigenvalue weighted by atomic mass is 10.1. The van der Waals surface area contributed by atoms with E-state index in [1.807, 2.05) is 35.2 Å². The third-order valence-electron chi connectivity index (χ3n) is 2.62. The molecule has 3 nitrogen and oxygen atoms in total. The van der Waals surface area contributed by atoms with E-state index in [1.54, 1.807) is 0 Å². The minimum Gasteiger partial charge on any atom is -0.453 e. The first-order valence-corrected chi connectivity index (χ1v) is 4.93. The van der Waals surface area contributed by atoms with Gasteiger partial charge in [-0.15, -0.1) is 0 Å². The largest absolute Gasteiger partial charge is 0.453 e. The summed E-state index contributed by atoms with van der Waals surface area (Å²) >= 11 is 0. The maximum absolute atomic E-state index is 5.70. The molecule has 0 amide bonds. The Morgan fingerprint density at radius 3 is 3.20 bits per heavy atom. The van der Waals surface area contributed by atoms with Crippen LogP contribution in [0.1, 0.15) is 5.56 Å². The summed E-state index contributed by atoms with van der Waals surface area (Å²) in [4.78, 5) is 4.38. The SMILES string of the molecule is Cc1cccc2c1OC[n+]1cccnc1-2. The van der Waals surface area contributed by atoms with E-state index in [0.717, 1.165) is 22.7 Å². The molecule has 74 valence electrons. The molecule has 0 aliphatic carbocycles. The Balaban J connectivity index is 2.30. The number of hydrogen-bond acceptors (Lipinski definition) is 2. The maximum atomic E-state index is 5.70. The smallest absolute Gasteiger partial charge is 0.336 e. The van der Waals surface area contributed by atoms with E-state index in [-0.39, 0.29) is 0 Å². The van der Waals surface area contributed by atoms with Crippen molar-refractivity contribution in [3.8, 4) is 17.1 Å². The summed E-state index contributed by atoms with van der Waals surface area (Å²) in [5.74, 6) is 1.93. The summed E-state index contributed by atoms with van der Waals surface area (Å²) in [6, 6.07) is 8.03. The van der Waals surface area contributed by atoms with Gasteiger partial charge in [-0.2, -0.15) is 4.57 Å². The van der Waals surface area contributed by atoms with Crippen LogP contribution in [0, 0.1) is 6.92 Å². The molecule has 0 spiro atoms. The van der Waals surface area contributed by atoms with Gasteiger partial charge in [-0.3, -0.25) is 0 Å². The van der Waals surface area contributed by atoms with Crippen LogP contribution in [0.2, 0.25) is 0 Å². The van der Waals surface area contributed by atoms with E-state index >= 15 is 0 Å². The molecule has 1 aliphatic rings. The highest BCUT2D eigenvalue weighted by molar-refractivity contribution is 5.64. The topological polar surface area (TPSA) is 26.0 Å². The lowest BCUT2D eigenvalue weighted by Gasteiger charge is -2.16. The number of aryl methyl sites for hydroxylation is 1. The molecule has 0 bridgehead atoms. The molecule has 1 aromatic heterocycles. The Morgan fingerprint density at radius 1 is 1.33 bits per heavy atom. The fourth-order valence-electron chi connectivity index (χ4n) is 1.88. The average molecular weight is 199 g/mol. The van der Waals surface area contributed by atoms with Gasteiger partial charge in [0.2, 0.25) is 6.73 Å². The summed E-state index contributed by atoms with van der Waals surface area (Å²) in [5, 5.41) is 0. The van der Waals surface area contributed by atoms with Gasteiger partial charge in [-0.25, -0.2) is 0 Å². The fourth-order valence-corrected chi connectivity index (χ4v) is 1.88. The second-order valence-electron chi connectivity index (χ2n) is 3.64. The van der Waals surface area contributed by atoms with Crippen LogP contribution in [0.15, 0.2) is 36.7 Å².